The number of nitrogens with zero attached hydrogens (tertiary/aromatic N) is 3. The fourth-order valence-corrected chi connectivity index (χ4v) is 4.00. The minimum absolute atomic E-state index is 0.0103. The number of benzene rings is 2. The summed E-state index contributed by atoms with van der Waals surface area (Å²) < 4.78 is 0. The Balaban J connectivity index is 1.38. The summed E-state index contributed by atoms with van der Waals surface area (Å²) in [5, 5.41) is 6.59. The lowest BCUT2D eigenvalue weighted by molar-refractivity contribution is -0.138. The van der Waals surface area contributed by atoms with E-state index >= 15 is 0 Å². The SMILES string of the molecule is O=C(c1ccc(Cl)cc1)N1CCC(C(=O)N2N=CCC2c2ccccc2)CC1. The maximum absolute atomic E-state index is 13.1. The van der Waals surface area contributed by atoms with Crippen molar-refractivity contribution in [2.75, 3.05) is 13.1 Å². The molecule has 2 heterocycles. The van der Waals surface area contributed by atoms with Gasteiger partial charge in [0, 0.05) is 42.2 Å². The van der Waals surface area contributed by atoms with Crippen molar-refractivity contribution in [3.8, 4) is 0 Å². The summed E-state index contributed by atoms with van der Waals surface area (Å²) in [4.78, 5) is 27.5. The van der Waals surface area contributed by atoms with E-state index in [0.29, 0.717) is 36.5 Å². The highest BCUT2D eigenvalue weighted by molar-refractivity contribution is 6.30. The molecule has 1 fully saturated rings. The predicted octanol–water partition coefficient (Wildman–Crippen LogP) is 4.15. The third-order valence-corrected chi connectivity index (χ3v) is 5.71. The minimum atomic E-state index is -0.101. The molecule has 2 aliphatic rings. The molecule has 0 N–H and O–H groups in total. The number of carbonyl (C=O) groups is 2. The fraction of sp³-hybridized carbons (Fsp3) is 0.318. The van der Waals surface area contributed by atoms with Gasteiger partial charge in [0.15, 0.2) is 0 Å². The predicted molar refractivity (Wildman–Crippen MR) is 109 cm³/mol. The Labute approximate surface area is 169 Å². The molecule has 6 heteroatoms. The first-order valence-corrected chi connectivity index (χ1v) is 9.96. The number of hydrogen-bond acceptors (Lipinski definition) is 3. The standard InChI is InChI=1S/C22H22ClN3O2/c23-19-8-6-17(7-9-19)21(27)25-14-11-18(12-15-25)22(28)26-20(10-13-24-26)16-4-2-1-3-5-16/h1-9,13,18,20H,10-12,14-15H2. The van der Waals surface area contributed by atoms with Crippen LogP contribution in [-0.4, -0.2) is 41.0 Å². The number of hydrogen-bond donors (Lipinski definition) is 0. The molecule has 0 saturated carbocycles. The van der Waals surface area contributed by atoms with Crippen molar-refractivity contribution in [2.24, 2.45) is 11.0 Å². The summed E-state index contributed by atoms with van der Waals surface area (Å²) in [5.41, 5.74) is 1.73. The second-order valence-electron chi connectivity index (χ2n) is 7.22. The molecule has 0 aliphatic carbocycles. The third-order valence-electron chi connectivity index (χ3n) is 5.46. The lowest BCUT2D eigenvalue weighted by Gasteiger charge is -2.34. The average molecular weight is 396 g/mol. The van der Waals surface area contributed by atoms with Crippen LogP contribution >= 0.6 is 11.6 Å². The summed E-state index contributed by atoms with van der Waals surface area (Å²) in [6, 6.07) is 16.9. The van der Waals surface area contributed by atoms with Gasteiger partial charge in [-0.25, -0.2) is 5.01 Å². The first-order chi connectivity index (χ1) is 13.6. The van der Waals surface area contributed by atoms with Crippen LogP contribution < -0.4 is 0 Å². The van der Waals surface area contributed by atoms with E-state index in [0.717, 1.165) is 12.0 Å². The zero-order chi connectivity index (χ0) is 19.5. The molecule has 1 atom stereocenters. The highest BCUT2D eigenvalue weighted by atomic mass is 35.5. The molecule has 0 aromatic heterocycles. The average Bonchev–Trinajstić information content (AvgIpc) is 3.24. The fourth-order valence-electron chi connectivity index (χ4n) is 3.87. The van der Waals surface area contributed by atoms with Crippen LogP contribution in [0.15, 0.2) is 59.7 Å². The quantitative estimate of drug-likeness (QED) is 0.783. The van der Waals surface area contributed by atoms with Crippen molar-refractivity contribution in [1.29, 1.82) is 0 Å². The smallest absolute Gasteiger partial charge is 0.253 e. The van der Waals surface area contributed by atoms with Gasteiger partial charge < -0.3 is 4.90 Å². The Bertz CT molecular complexity index is 874. The minimum Gasteiger partial charge on any atom is -0.339 e. The molecule has 1 unspecified atom stereocenters. The van der Waals surface area contributed by atoms with E-state index in [1.807, 2.05) is 41.4 Å². The summed E-state index contributed by atoms with van der Waals surface area (Å²) >= 11 is 5.90. The van der Waals surface area contributed by atoms with Gasteiger partial charge in [-0.2, -0.15) is 5.10 Å². The van der Waals surface area contributed by atoms with E-state index in [-0.39, 0.29) is 23.8 Å². The Hall–Kier alpha value is -2.66. The maximum Gasteiger partial charge on any atom is 0.253 e. The summed E-state index contributed by atoms with van der Waals surface area (Å²) in [6.45, 7) is 1.15. The van der Waals surface area contributed by atoms with Crippen molar-refractivity contribution in [1.82, 2.24) is 9.91 Å². The summed E-state index contributed by atoms with van der Waals surface area (Å²) in [6.07, 6.45) is 3.87. The number of halogens is 1. The van der Waals surface area contributed by atoms with Crippen LogP contribution in [0.5, 0.6) is 0 Å². The summed E-state index contributed by atoms with van der Waals surface area (Å²) in [5.74, 6) is -0.0548. The second kappa shape index (κ2) is 8.15. The van der Waals surface area contributed by atoms with Crippen LogP contribution in [0.25, 0.3) is 0 Å². The third kappa shape index (κ3) is 3.80. The van der Waals surface area contributed by atoms with E-state index < -0.39 is 0 Å². The van der Waals surface area contributed by atoms with Crippen molar-refractivity contribution in [3.05, 3.63) is 70.7 Å². The van der Waals surface area contributed by atoms with Crippen molar-refractivity contribution in [3.63, 3.8) is 0 Å². The molecule has 0 spiro atoms. The van der Waals surface area contributed by atoms with Gasteiger partial charge in [0.25, 0.3) is 5.91 Å². The highest BCUT2D eigenvalue weighted by Crippen LogP contribution is 2.31. The topological polar surface area (TPSA) is 53.0 Å². The second-order valence-corrected chi connectivity index (χ2v) is 7.65. The lowest BCUT2D eigenvalue weighted by atomic mass is 9.94. The molecule has 5 nitrogen and oxygen atoms in total. The monoisotopic (exact) mass is 395 g/mol. The van der Waals surface area contributed by atoms with Crippen molar-refractivity contribution in [2.45, 2.75) is 25.3 Å². The highest BCUT2D eigenvalue weighted by Gasteiger charge is 2.35. The molecule has 2 aromatic carbocycles. The van der Waals surface area contributed by atoms with E-state index in [4.69, 9.17) is 11.6 Å². The molecular formula is C22H22ClN3O2. The van der Waals surface area contributed by atoms with Crippen LogP contribution in [0.3, 0.4) is 0 Å². The molecule has 2 aliphatic heterocycles. The van der Waals surface area contributed by atoms with Gasteiger partial charge in [0.05, 0.1) is 6.04 Å². The van der Waals surface area contributed by atoms with Crippen molar-refractivity contribution >= 4 is 29.6 Å². The van der Waals surface area contributed by atoms with E-state index in [1.165, 1.54) is 0 Å². The van der Waals surface area contributed by atoms with Crippen molar-refractivity contribution < 1.29 is 9.59 Å². The van der Waals surface area contributed by atoms with Gasteiger partial charge in [-0.05, 0) is 42.7 Å². The molecule has 28 heavy (non-hydrogen) atoms. The van der Waals surface area contributed by atoms with E-state index in [1.54, 1.807) is 29.3 Å². The molecule has 2 amide bonds. The molecule has 0 bridgehead atoms. The number of hydrazone groups is 1. The Kier molecular flexibility index (Phi) is 5.44. The van der Waals surface area contributed by atoms with Crippen LogP contribution in [-0.2, 0) is 4.79 Å². The molecule has 144 valence electrons. The Morgan fingerprint density at radius 2 is 1.64 bits per heavy atom. The van der Waals surface area contributed by atoms with E-state index in [9.17, 15) is 9.59 Å². The number of piperidine rings is 1. The zero-order valence-corrected chi connectivity index (χ0v) is 16.3. The van der Waals surface area contributed by atoms with Gasteiger partial charge in [0.1, 0.15) is 0 Å². The molecule has 0 radical (unpaired) electrons. The largest absolute Gasteiger partial charge is 0.339 e. The van der Waals surface area contributed by atoms with Gasteiger partial charge in [0.2, 0.25) is 5.91 Å². The zero-order valence-electron chi connectivity index (χ0n) is 15.5. The van der Waals surface area contributed by atoms with Crippen LogP contribution in [0.2, 0.25) is 5.02 Å². The van der Waals surface area contributed by atoms with Gasteiger partial charge in [-0.3, -0.25) is 9.59 Å². The van der Waals surface area contributed by atoms with Crippen LogP contribution in [0, 0.1) is 5.92 Å². The Morgan fingerprint density at radius 3 is 2.32 bits per heavy atom. The number of amides is 2. The molecule has 2 aromatic rings. The Morgan fingerprint density at radius 1 is 0.964 bits per heavy atom. The van der Waals surface area contributed by atoms with Crippen LogP contribution in [0.1, 0.15) is 41.2 Å². The first-order valence-electron chi connectivity index (χ1n) is 9.59. The summed E-state index contributed by atoms with van der Waals surface area (Å²) in [7, 11) is 0. The normalized spacial score (nSPS) is 19.8. The van der Waals surface area contributed by atoms with E-state index in [2.05, 4.69) is 5.10 Å². The molecule has 4 rings (SSSR count). The maximum atomic E-state index is 13.1. The van der Waals surface area contributed by atoms with Gasteiger partial charge >= 0.3 is 0 Å². The first kappa shape index (κ1) is 18.7. The van der Waals surface area contributed by atoms with Crippen LogP contribution in [0.4, 0.5) is 0 Å². The number of likely N-dealkylation sites (tertiary alicyclic amines) is 1. The number of carbonyl (C=O) groups excluding carboxylic acids is 2. The van der Waals surface area contributed by atoms with Gasteiger partial charge in [-0.1, -0.05) is 41.9 Å². The van der Waals surface area contributed by atoms with Gasteiger partial charge in [-0.15, -0.1) is 0 Å². The number of rotatable bonds is 3. The molecule has 1 saturated heterocycles. The molecular weight excluding hydrogens is 374 g/mol. The lowest BCUT2D eigenvalue weighted by Crippen LogP contribution is -2.43.